The van der Waals surface area contributed by atoms with Crippen molar-refractivity contribution in [1.29, 1.82) is 0 Å². The van der Waals surface area contributed by atoms with E-state index in [2.05, 4.69) is 15.5 Å². The quantitative estimate of drug-likeness (QED) is 0.769. The van der Waals surface area contributed by atoms with Crippen molar-refractivity contribution in [2.24, 2.45) is 5.92 Å². The second-order valence-electron chi connectivity index (χ2n) is 7.52. The van der Waals surface area contributed by atoms with Gasteiger partial charge in [-0.2, -0.15) is 4.98 Å². The molecule has 0 unspecified atom stereocenters. The van der Waals surface area contributed by atoms with Gasteiger partial charge in [-0.1, -0.05) is 24.9 Å². The number of aromatic nitrogens is 2. The fraction of sp³-hybridized carbons (Fsp3) is 0.500. The zero-order chi connectivity index (χ0) is 20.6. The number of nitrogens with one attached hydrogen (secondary N) is 1. The SMILES string of the molecule is COc1ccc(-c2noc(CN3C(=O)N[C@@]4(CCCC[C@@H]4C)C3=O)n2)c(OC)c1. The van der Waals surface area contributed by atoms with Crippen LogP contribution in [0, 0.1) is 5.92 Å². The number of hydrogen-bond acceptors (Lipinski definition) is 7. The molecule has 1 aliphatic carbocycles. The van der Waals surface area contributed by atoms with Gasteiger partial charge in [0.05, 0.1) is 19.8 Å². The van der Waals surface area contributed by atoms with E-state index in [0.717, 1.165) is 19.3 Å². The van der Waals surface area contributed by atoms with Crippen LogP contribution in [0.5, 0.6) is 11.5 Å². The number of urea groups is 1. The van der Waals surface area contributed by atoms with Crippen molar-refractivity contribution in [2.75, 3.05) is 14.2 Å². The number of amides is 3. The standard InChI is InChI=1S/C20H24N4O5/c1-12-6-4-5-9-20(12)18(25)24(19(26)22-20)11-16-21-17(23-29-16)14-8-7-13(27-2)10-15(14)28-3/h7-8,10,12H,4-6,9,11H2,1-3H3,(H,22,26)/t12-,20+/m0/s1. The summed E-state index contributed by atoms with van der Waals surface area (Å²) in [6, 6.07) is 4.83. The van der Waals surface area contributed by atoms with Crippen LogP contribution in [0.2, 0.25) is 0 Å². The predicted octanol–water partition coefficient (Wildman–Crippen LogP) is 2.75. The first-order valence-electron chi connectivity index (χ1n) is 9.67. The molecule has 1 saturated heterocycles. The second-order valence-corrected chi connectivity index (χ2v) is 7.52. The third kappa shape index (κ3) is 3.20. The van der Waals surface area contributed by atoms with E-state index < -0.39 is 11.6 Å². The highest BCUT2D eigenvalue weighted by Crippen LogP contribution is 2.38. The summed E-state index contributed by atoms with van der Waals surface area (Å²) in [6.45, 7) is 1.95. The number of imide groups is 1. The summed E-state index contributed by atoms with van der Waals surface area (Å²) in [5, 5.41) is 6.91. The van der Waals surface area contributed by atoms with Crippen LogP contribution in [0.4, 0.5) is 4.79 Å². The fourth-order valence-corrected chi connectivity index (χ4v) is 4.19. The van der Waals surface area contributed by atoms with Crippen LogP contribution >= 0.6 is 0 Å². The van der Waals surface area contributed by atoms with E-state index in [0.29, 0.717) is 29.3 Å². The van der Waals surface area contributed by atoms with Crippen molar-refractivity contribution in [3.63, 3.8) is 0 Å². The van der Waals surface area contributed by atoms with Gasteiger partial charge >= 0.3 is 6.03 Å². The maximum Gasteiger partial charge on any atom is 0.325 e. The lowest BCUT2D eigenvalue weighted by molar-refractivity contribution is -0.134. The lowest BCUT2D eigenvalue weighted by Crippen LogP contribution is -2.53. The lowest BCUT2D eigenvalue weighted by atomic mass is 9.73. The first-order chi connectivity index (χ1) is 14.0. The minimum Gasteiger partial charge on any atom is -0.497 e. The number of hydrogen-bond donors (Lipinski definition) is 1. The average molecular weight is 400 g/mol. The molecular formula is C20H24N4O5. The van der Waals surface area contributed by atoms with Gasteiger partial charge in [0.15, 0.2) is 0 Å². The zero-order valence-corrected chi connectivity index (χ0v) is 16.7. The number of methoxy groups -OCH3 is 2. The third-order valence-corrected chi connectivity index (χ3v) is 5.91. The number of benzene rings is 1. The molecule has 9 nitrogen and oxygen atoms in total. The van der Waals surface area contributed by atoms with E-state index in [1.54, 1.807) is 25.3 Å². The summed E-state index contributed by atoms with van der Waals surface area (Å²) in [5.74, 6) is 1.55. The fourth-order valence-electron chi connectivity index (χ4n) is 4.19. The molecule has 9 heteroatoms. The van der Waals surface area contributed by atoms with Gasteiger partial charge in [0.2, 0.25) is 11.7 Å². The molecular weight excluding hydrogens is 376 g/mol. The second kappa shape index (κ2) is 7.38. The number of carbonyl (C=O) groups is 2. The van der Waals surface area contributed by atoms with Crippen LogP contribution in [0.3, 0.4) is 0 Å². The zero-order valence-electron chi connectivity index (χ0n) is 16.7. The normalized spacial score (nSPS) is 24.1. The molecule has 154 valence electrons. The minimum atomic E-state index is -0.808. The van der Waals surface area contributed by atoms with E-state index in [1.165, 1.54) is 12.0 Å². The first kappa shape index (κ1) is 19.2. The van der Waals surface area contributed by atoms with Gasteiger partial charge in [0.1, 0.15) is 23.6 Å². The Kier molecular flexibility index (Phi) is 4.89. The van der Waals surface area contributed by atoms with Crippen LogP contribution in [0.1, 0.15) is 38.5 Å². The Balaban J connectivity index is 1.56. The Hall–Kier alpha value is -3.10. The maximum atomic E-state index is 13.1. The van der Waals surface area contributed by atoms with Crippen molar-refractivity contribution in [3.05, 3.63) is 24.1 Å². The monoisotopic (exact) mass is 400 g/mol. The van der Waals surface area contributed by atoms with Crippen molar-refractivity contribution in [3.8, 4) is 22.9 Å². The van der Waals surface area contributed by atoms with E-state index in [-0.39, 0.29) is 24.3 Å². The summed E-state index contributed by atoms with van der Waals surface area (Å²) in [7, 11) is 3.11. The molecule has 2 heterocycles. The molecule has 1 aromatic carbocycles. The van der Waals surface area contributed by atoms with Crippen molar-refractivity contribution in [1.82, 2.24) is 20.4 Å². The Morgan fingerprint density at radius 2 is 2.10 bits per heavy atom. The number of rotatable bonds is 5. The number of nitrogens with zero attached hydrogens (tertiary/aromatic N) is 3. The highest BCUT2D eigenvalue weighted by atomic mass is 16.5. The van der Waals surface area contributed by atoms with E-state index in [1.807, 2.05) is 6.92 Å². The summed E-state index contributed by atoms with van der Waals surface area (Å²) >= 11 is 0. The van der Waals surface area contributed by atoms with Crippen LogP contribution in [0.25, 0.3) is 11.4 Å². The Morgan fingerprint density at radius 1 is 1.28 bits per heavy atom. The summed E-state index contributed by atoms with van der Waals surface area (Å²) in [6.07, 6.45) is 3.57. The number of carbonyl (C=O) groups excluding carboxylic acids is 2. The molecule has 1 N–H and O–H groups in total. The topological polar surface area (TPSA) is 107 Å². The summed E-state index contributed by atoms with van der Waals surface area (Å²) in [5.41, 5.74) is -0.185. The molecule has 1 aromatic heterocycles. The largest absolute Gasteiger partial charge is 0.497 e. The molecule has 2 atom stereocenters. The first-order valence-corrected chi connectivity index (χ1v) is 9.67. The molecule has 2 fully saturated rings. The molecule has 2 aromatic rings. The van der Waals surface area contributed by atoms with Crippen molar-refractivity contribution in [2.45, 2.75) is 44.7 Å². The molecule has 2 aliphatic rings. The molecule has 1 aliphatic heterocycles. The van der Waals surface area contributed by atoms with E-state index in [4.69, 9.17) is 14.0 Å². The highest BCUT2D eigenvalue weighted by molar-refractivity contribution is 6.07. The van der Waals surface area contributed by atoms with Gasteiger partial charge in [-0.25, -0.2) is 4.79 Å². The van der Waals surface area contributed by atoms with Gasteiger partial charge in [-0.3, -0.25) is 9.69 Å². The van der Waals surface area contributed by atoms with Crippen LogP contribution in [-0.4, -0.2) is 46.7 Å². The predicted molar refractivity (Wildman–Crippen MR) is 102 cm³/mol. The smallest absolute Gasteiger partial charge is 0.325 e. The molecule has 0 radical (unpaired) electrons. The Bertz CT molecular complexity index is 943. The Labute approximate surface area is 168 Å². The lowest BCUT2D eigenvalue weighted by Gasteiger charge is -2.36. The molecule has 1 saturated carbocycles. The average Bonchev–Trinajstić information content (AvgIpc) is 3.29. The van der Waals surface area contributed by atoms with Gasteiger partial charge < -0.3 is 19.3 Å². The van der Waals surface area contributed by atoms with Crippen LogP contribution in [-0.2, 0) is 11.3 Å². The van der Waals surface area contributed by atoms with Crippen LogP contribution in [0.15, 0.2) is 22.7 Å². The summed E-state index contributed by atoms with van der Waals surface area (Å²) in [4.78, 5) is 31.1. The van der Waals surface area contributed by atoms with Crippen molar-refractivity contribution >= 4 is 11.9 Å². The molecule has 1 spiro atoms. The van der Waals surface area contributed by atoms with Crippen LogP contribution < -0.4 is 14.8 Å². The Morgan fingerprint density at radius 3 is 2.83 bits per heavy atom. The highest BCUT2D eigenvalue weighted by Gasteiger charge is 2.55. The van der Waals surface area contributed by atoms with E-state index >= 15 is 0 Å². The van der Waals surface area contributed by atoms with Gasteiger partial charge in [-0.05, 0) is 30.9 Å². The summed E-state index contributed by atoms with van der Waals surface area (Å²) < 4.78 is 15.9. The van der Waals surface area contributed by atoms with Gasteiger partial charge in [-0.15, -0.1) is 0 Å². The maximum absolute atomic E-state index is 13.1. The third-order valence-electron chi connectivity index (χ3n) is 5.91. The van der Waals surface area contributed by atoms with Crippen molar-refractivity contribution < 1.29 is 23.6 Å². The number of ether oxygens (including phenoxy) is 2. The molecule has 3 amide bonds. The van der Waals surface area contributed by atoms with Gasteiger partial charge in [0.25, 0.3) is 5.91 Å². The molecule has 29 heavy (non-hydrogen) atoms. The molecule has 0 bridgehead atoms. The van der Waals surface area contributed by atoms with E-state index in [9.17, 15) is 9.59 Å². The van der Waals surface area contributed by atoms with Gasteiger partial charge in [0, 0.05) is 6.07 Å². The minimum absolute atomic E-state index is 0.0649. The molecule has 4 rings (SSSR count).